The lowest BCUT2D eigenvalue weighted by Crippen LogP contribution is -2.57. The number of rotatable bonds is 9. The molecule has 0 aliphatic heterocycles. The molecule has 0 aromatic carbocycles. The van der Waals surface area contributed by atoms with E-state index >= 15 is 0 Å². The summed E-state index contributed by atoms with van der Waals surface area (Å²) in [6.07, 6.45) is 1.15. The second kappa shape index (κ2) is 8.48. The highest BCUT2D eigenvalue weighted by atomic mass is 16.5. The van der Waals surface area contributed by atoms with E-state index in [9.17, 15) is 4.79 Å². The van der Waals surface area contributed by atoms with Crippen molar-refractivity contribution in [3.05, 3.63) is 0 Å². The minimum absolute atomic E-state index is 0.164. The Labute approximate surface area is 112 Å². The standard InChI is InChI=1S/C14H30N2O2/c1-7-12(4)10-16(6)11-14(5,15-8-2)13(17)18-9-3/h12,15H,7-11H2,1-6H3. The number of nitrogens with one attached hydrogen (secondary N) is 1. The fraction of sp³-hybridized carbons (Fsp3) is 0.929. The van der Waals surface area contributed by atoms with E-state index in [1.807, 2.05) is 20.8 Å². The summed E-state index contributed by atoms with van der Waals surface area (Å²) in [4.78, 5) is 14.2. The SMILES string of the molecule is CCNC(C)(CN(C)CC(C)CC)C(=O)OCC. The maximum absolute atomic E-state index is 12.0. The highest BCUT2D eigenvalue weighted by molar-refractivity contribution is 5.80. The minimum atomic E-state index is -0.618. The summed E-state index contributed by atoms with van der Waals surface area (Å²) in [5.41, 5.74) is -0.618. The molecule has 0 aromatic heterocycles. The molecule has 4 heteroatoms. The zero-order valence-electron chi connectivity index (χ0n) is 12.9. The molecule has 0 spiro atoms. The Balaban J connectivity index is 4.54. The smallest absolute Gasteiger partial charge is 0.327 e. The van der Waals surface area contributed by atoms with Crippen LogP contribution in [0, 0.1) is 5.92 Å². The number of nitrogens with zero attached hydrogens (tertiary/aromatic N) is 1. The number of hydrogen-bond donors (Lipinski definition) is 1. The Bertz CT molecular complexity index is 246. The summed E-state index contributed by atoms with van der Waals surface area (Å²) in [5, 5.41) is 3.25. The van der Waals surface area contributed by atoms with Crippen LogP contribution in [0.25, 0.3) is 0 Å². The summed E-state index contributed by atoms with van der Waals surface area (Å²) in [7, 11) is 2.06. The molecule has 18 heavy (non-hydrogen) atoms. The van der Waals surface area contributed by atoms with Crippen molar-refractivity contribution in [3.8, 4) is 0 Å². The van der Waals surface area contributed by atoms with Crippen LogP contribution in [0.2, 0.25) is 0 Å². The Morgan fingerprint density at radius 2 is 2.00 bits per heavy atom. The largest absolute Gasteiger partial charge is 0.465 e. The number of likely N-dealkylation sites (N-methyl/N-ethyl adjacent to an activating group) is 2. The van der Waals surface area contributed by atoms with E-state index in [2.05, 4.69) is 31.1 Å². The van der Waals surface area contributed by atoms with Crippen molar-refractivity contribution in [2.75, 3.05) is 33.3 Å². The van der Waals surface area contributed by atoms with Gasteiger partial charge < -0.3 is 15.0 Å². The van der Waals surface area contributed by atoms with Crippen molar-refractivity contribution in [2.45, 2.75) is 46.6 Å². The first-order chi connectivity index (χ1) is 8.39. The average molecular weight is 258 g/mol. The van der Waals surface area contributed by atoms with Gasteiger partial charge in [-0.3, -0.25) is 4.79 Å². The summed E-state index contributed by atoms with van der Waals surface area (Å²) < 4.78 is 5.16. The molecule has 0 aliphatic rings. The van der Waals surface area contributed by atoms with Crippen LogP contribution in [-0.4, -0.2) is 49.7 Å². The molecule has 0 fully saturated rings. The summed E-state index contributed by atoms with van der Waals surface area (Å²) in [6.45, 7) is 13.0. The van der Waals surface area contributed by atoms with Gasteiger partial charge in [0.25, 0.3) is 0 Å². The predicted molar refractivity (Wildman–Crippen MR) is 75.7 cm³/mol. The van der Waals surface area contributed by atoms with E-state index < -0.39 is 5.54 Å². The molecule has 4 nitrogen and oxygen atoms in total. The molecule has 2 unspecified atom stereocenters. The van der Waals surface area contributed by atoms with E-state index in [0.29, 0.717) is 19.1 Å². The van der Waals surface area contributed by atoms with Gasteiger partial charge in [-0.05, 0) is 33.4 Å². The second-order valence-electron chi connectivity index (χ2n) is 5.29. The normalized spacial score (nSPS) is 16.4. The van der Waals surface area contributed by atoms with Gasteiger partial charge in [0, 0.05) is 13.1 Å². The van der Waals surface area contributed by atoms with Crippen LogP contribution in [0.5, 0.6) is 0 Å². The van der Waals surface area contributed by atoms with E-state index in [-0.39, 0.29) is 5.97 Å². The van der Waals surface area contributed by atoms with Crippen molar-refractivity contribution >= 4 is 5.97 Å². The first-order valence-corrected chi connectivity index (χ1v) is 7.00. The van der Waals surface area contributed by atoms with E-state index in [1.165, 1.54) is 0 Å². The highest BCUT2D eigenvalue weighted by Crippen LogP contribution is 2.11. The minimum Gasteiger partial charge on any atom is -0.465 e. The van der Waals surface area contributed by atoms with Gasteiger partial charge in [0.2, 0.25) is 0 Å². The van der Waals surface area contributed by atoms with Crippen LogP contribution < -0.4 is 5.32 Å². The number of ether oxygens (including phenoxy) is 1. The maximum Gasteiger partial charge on any atom is 0.327 e. The van der Waals surface area contributed by atoms with Gasteiger partial charge in [0.15, 0.2) is 0 Å². The number of hydrogen-bond acceptors (Lipinski definition) is 4. The molecule has 0 saturated carbocycles. The Morgan fingerprint density at radius 3 is 2.44 bits per heavy atom. The molecular weight excluding hydrogens is 228 g/mol. The van der Waals surface area contributed by atoms with E-state index in [1.54, 1.807) is 0 Å². The first-order valence-electron chi connectivity index (χ1n) is 7.00. The van der Waals surface area contributed by atoms with Gasteiger partial charge in [0.1, 0.15) is 5.54 Å². The number of carbonyl (C=O) groups is 1. The first kappa shape index (κ1) is 17.4. The van der Waals surface area contributed by atoms with Gasteiger partial charge in [-0.1, -0.05) is 27.2 Å². The van der Waals surface area contributed by atoms with Gasteiger partial charge in [0.05, 0.1) is 6.61 Å². The van der Waals surface area contributed by atoms with Crippen LogP contribution >= 0.6 is 0 Å². The highest BCUT2D eigenvalue weighted by Gasteiger charge is 2.35. The van der Waals surface area contributed by atoms with Crippen LogP contribution in [0.1, 0.15) is 41.0 Å². The summed E-state index contributed by atoms with van der Waals surface area (Å²) in [5.74, 6) is 0.478. The van der Waals surface area contributed by atoms with Crippen LogP contribution in [-0.2, 0) is 9.53 Å². The summed E-state index contributed by atoms with van der Waals surface area (Å²) >= 11 is 0. The van der Waals surface area contributed by atoms with Gasteiger partial charge in [-0.25, -0.2) is 0 Å². The average Bonchev–Trinajstić information content (AvgIpc) is 2.29. The molecule has 108 valence electrons. The lowest BCUT2D eigenvalue weighted by molar-refractivity contribution is -0.151. The fourth-order valence-corrected chi connectivity index (χ4v) is 2.14. The molecule has 0 heterocycles. The van der Waals surface area contributed by atoms with Crippen molar-refractivity contribution in [1.29, 1.82) is 0 Å². The molecule has 0 aromatic rings. The zero-order chi connectivity index (χ0) is 14.2. The van der Waals surface area contributed by atoms with Gasteiger partial charge in [-0.15, -0.1) is 0 Å². The Kier molecular flexibility index (Phi) is 8.20. The van der Waals surface area contributed by atoms with Crippen LogP contribution in [0.4, 0.5) is 0 Å². The molecule has 1 N–H and O–H groups in total. The van der Waals surface area contributed by atoms with Crippen LogP contribution in [0.3, 0.4) is 0 Å². The molecule has 2 atom stereocenters. The van der Waals surface area contributed by atoms with Crippen LogP contribution in [0.15, 0.2) is 0 Å². The second-order valence-corrected chi connectivity index (χ2v) is 5.29. The fourth-order valence-electron chi connectivity index (χ4n) is 2.14. The van der Waals surface area contributed by atoms with E-state index in [4.69, 9.17) is 4.74 Å². The summed E-state index contributed by atoms with van der Waals surface area (Å²) in [6, 6.07) is 0. The monoisotopic (exact) mass is 258 g/mol. The molecule has 0 bridgehead atoms. The maximum atomic E-state index is 12.0. The molecule has 0 amide bonds. The van der Waals surface area contributed by atoms with Crippen molar-refractivity contribution < 1.29 is 9.53 Å². The molecular formula is C14H30N2O2. The quantitative estimate of drug-likeness (QED) is 0.641. The zero-order valence-corrected chi connectivity index (χ0v) is 12.9. The lowest BCUT2D eigenvalue weighted by Gasteiger charge is -2.33. The van der Waals surface area contributed by atoms with Crippen molar-refractivity contribution in [3.63, 3.8) is 0 Å². The third kappa shape index (κ3) is 5.83. The van der Waals surface area contributed by atoms with Crippen molar-refractivity contribution in [2.24, 2.45) is 5.92 Å². The third-order valence-electron chi connectivity index (χ3n) is 3.20. The van der Waals surface area contributed by atoms with Gasteiger partial charge in [-0.2, -0.15) is 0 Å². The molecule has 0 radical (unpaired) electrons. The Morgan fingerprint density at radius 1 is 1.39 bits per heavy atom. The molecule has 0 saturated heterocycles. The predicted octanol–water partition coefficient (Wildman–Crippen LogP) is 1.90. The van der Waals surface area contributed by atoms with E-state index in [0.717, 1.165) is 19.5 Å². The molecule has 0 rings (SSSR count). The lowest BCUT2D eigenvalue weighted by atomic mass is 10.0. The topological polar surface area (TPSA) is 41.6 Å². The molecule has 0 aliphatic carbocycles. The Hall–Kier alpha value is -0.610. The third-order valence-corrected chi connectivity index (χ3v) is 3.20. The van der Waals surface area contributed by atoms with Crippen molar-refractivity contribution in [1.82, 2.24) is 10.2 Å². The number of esters is 1. The van der Waals surface area contributed by atoms with Gasteiger partial charge >= 0.3 is 5.97 Å². The number of carbonyl (C=O) groups excluding carboxylic acids is 1.